The largest absolute Gasteiger partial charge is 0.381 e. The molecule has 1 aliphatic rings. The Morgan fingerprint density at radius 1 is 1.67 bits per heavy atom. The predicted octanol–water partition coefficient (Wildman–Crippen LogP) is 1.62. The average Bonchev–Trinajstić information content (AvgIpc) is 2.78. The Hall–Kier alpha value is -0.450. The maximum absolute atomic E-state index is 5.54. The van der Waals surface area contributed by atoms with Crippen LogP contribution in [0.5, 0.6) is 0 Å². The van der Waals surface area contributed by atoms with Gasteiger partial charge in [0.05, 0.1) is 11.6 Å². The zero-order valence-corrected chi connectivity index (χ0v) is 10.2. The highest BCUT2D eigenvalue weighted by molar-refractivity contribution is 7.11. The summed E-state index contributed by atoms with van der Waals surface area (Å²) in [5.74, 6) is 0. The van der Waals surface area contributed by atoms with E-state index in [1.165, 1.54) is 4.88 Å². The van der Waals surface area contributed by atoms with Gasteiger partial charge in [0.15, 0.2) is 0 Å². The smallest absolute Gasteiger partial charge is 0.0896 e. The summed E-state index contributed by atoms with van der Waals surface area (Å²) in [4.78, 5) is 5.69. The Balaban J connectivity index is 2.06. The summed E-state index contributed by atoms with van der Waals surface area (Å²) in [5, 5.41) is 4.44. The summed E-state index contributed by atoms with van der Waals surface area (Å²) >= 11 is 1.80. The van der Waals surface area contributed by atoms with E-state index in [1.54, 1.807) is 11.3 Å². The minimum Gasteiger partial charge on any atom is -0.381 e. The van der Waals surface area contributed by atoms with Crippen LogP contribution in [0.4, 0.5) is 0 Å². The van der Waals surface area contributed by atoms with E-state index >= 15 is 0 Å². The molecule has 0 amide bonds. The number of aryl methyl sites for hydroxylation is 1. The summed E-state index contributed by atoms with van der Waals surface area (Å²) in [6.07, 6.45) is 4.26. The maximum atomic E-state index is 5.54. The van der Waals surface area contributed by atoms with Crippen LogP contribution in [0.3, 0.4) is 0 Å². The molecular weight excluding hydrogens is 208 g/mol. The fraction of sp³-hybridized carbons (Fsp3) is 0.727. The zero-order valence-electron chi connectivity index (χ0n) is 9.38. The van der Waals surface area contributed by atoms with E-state index in [9.17, 15) is 0 Å². The lowest BCUT2D eigenvalue weighted by molar-refractivity contribution is 0.151. The van der Waals surface area contributed by atoms with Crippen molar-refractivity contribution >= 4 is 11.3 Å². The molecule has 0 spiro atoms. The molecule has 0 saturated carbocycles. The van der Waals surface area contributed by atoms with Crippen molar-refractivity contribution in [2.24, 2.45) is 5.41 Å². The monoisotopic (exact) mass is 226 g/mol. The first-order valence-corrected chi connectivity index (χ1v) is 6.19. The van der Waals surface area contributed by atoms with Gasteiger partial charge in [-0.25, -0.2) is 4.98 Å². The summed E-state index contributed by atoms with van der Waals surface area (Å²) < 4.78 is 5.54. The Morgan fingerprint density at radius 2 is 2.53 bits per heavy atom. The molecular formula is C11H18N2OS. The highest BCUT2D eigenvalue weighted by Crippen LogP contribution is 2.33. The molecule has 84 valence electrons. The first-order chi connectivity index (χ1) is 7.24. The lowest BCUT2D eigenvalue weighted by Gasteiger charge is -2.26. The minimum absolute atomic E-state index is 0.299. The molecule has 1 aromatic heterocycles. The van der Waals surface area contributed by atoms with Crippen molar-refractivity contribution in [3.8, 4) is 0 Å². The molecule has 2 heterocycles. The topological polar surface area (TPSA) is 34.2 Å². The number of hydrogen-bond acceptors (Lipinski definition) is 4. The molecule has 0 aliphatic carbocycles. The van der Waals surface area contributed by atoms with Crippen LogP contribution >= 0.6 is 11.3 Å². The van der Waals surface area contributed by atoms with Crippen LogP contribution in [0.25, 0.3) is 0 Å². The number of ether oxygens (including phenoxy) is 1. The highest BCUT2D eigenvalue weighted by Gasteiger charge is 2.34. The third-order valence-corrected chi connectivity index (χ3v) is 3.87. The fourth-order valence-corrected chi connectivity index (χ4v) is 3.19. The van der Waals surface area contributed by atoms with Gasteiger partial charge in [0.25, 0.3) is 0 Å². The van der Waals surface area contributed by atoms with Crippen molar-refractivity contribution in [2.45, 2.75) is 19.8 Å². The van der Waals surface area contributed by atoms with Crippen molar-refractivity contribution in [1.82, 2.24) is 10.3 Å². The molecule has 0 aromatic carbocycles. The third kappa shape index (κ3) is 2.56. The number of aromatic nitrogens is 1. The van der Waals surface area contributed by atoms with Crippen LogP contribution < -0.4 is 5.32 Å². The molecule has 0 bridgehead atoms. The van der Waals surface area contributed by atoms with E-state index in [0.717, 1.165) is 37.6 Å². The third-order valence-electron chi connectivity index (χ3n) is 2.96. The van der Waals surface area contributed by atoms with Crippen molar-refractivity contribution < 1.29 is 4.74 Å². The fourth-order valence-electron chi connectivity index (χ4n) is 2.22. The molecule has 3 nitrogen and oxygen atoms in total. The molecule has 1 saturated heterocycles. The number of thiazole rings is 1. The molecule has 0 radical (unpaired) electrons. The minimum atomic E-state index is 0.299. The zero-order chi connectivity index (χ0) is 10.7. The molecule has 1 aliphatic heterocycles. The number of hydrogen-bond donors (Lipinski definition) is 1. The highest BCUT2D eigenvalue weighted by atomic mass is 32.1. The van der Waals surface area contributed by atoms with Gasteiger partial charge in [-0.2, -0.15) is 0 Å². The van der Waals surface area contributed by atoms with E-state index < -0.39 is 0 Å². The number of rotatable bonds is 4. The molecule has 15 heavy (non-hydrogen) atoms. The summed E-state index contributed by atoms with van der Waals surface area (Å²) in [5.41, 5.74) is 0.299. The van der Waals surface area contributed by atoms with Gasteiger partial charge in [0.2, 0.25) is 0 Å². The second-order valence-electron chi connectivity index (χ2n) is 4.36. The number of nitrogens with one attached hydrogen (secondary N) is 1. The molecule has 1 fully saturated rings. The van der Waals surface area contributed by atoms with E-state index in [4.69, 9.17) is 4.74 Å². The molecule has 4 heteroatoms. The van der Waals surface area contributed by atoms with Crippen LogP contribution in [0.1, 0.15) is 16.3 Å². The summed E-state index contributed by atoms with van der Waals surface area (Å²) in [6.45, 7) is 4.87. The Morgan fingerprint density at radius 3 is 3.07 bits per heavy atom. The van der Waals surface area contributed by atoms with Crippen LogP contribution in [0, 0.1) is 12.3 Å². The van der Waals surface area contributed by atoms with Gasteiger partial charge < -0.3 is 10.1 Å². The SMILES string of the molecule is CNCC1(Cc2cnc(C)s2)CCOC1. The molecule has 1 unspecified atom stereocenters. The second kappa shape index (κ2) is 4.60. The van der Waals surface area contributed by atoms with E-state index in [-0.39, 0.29) is 0 Å². The van der Waals surface area contributed by atoms with Crippen LogP contribution in [0.15, 0.2) is 6.20 Å². The van der Waals surface area contributed by atoms with Gasteiger partial charge in [0.1, 0.15) is 0 Å². The van der Waals surface area contributed by atoms with Crippen molar-refractivity contribution in [3.05, 3.63) is 16.1 Å². The first-order valence-electron chi connectivity index (χ1n) is 5.38. The maximum Gasteiger partial charge on any atom is 0.0896 e. The van der Waals surface area contributed by atoms with E-state index in [0.29, 0.717) is 5.41 Å². The molecule has 1 aromatic rings. The van der Waals surface area contributed by atoms with Crippen LogP contribution in [-0.2, 0) is 11.2 Å². The normalized spacial score (nSPS) is 26.0. The van der Waals surface area contributed by atoms with Gasteiger partial charge >= 0.3 is 0 Å². The lowest BCUT2D eigenvalue weighted by Crippen LogP contribution is -2.34. The predicted molar refractivity (Wildman–Crippen MR) is 62.4 cm³/mol. The van der Waals surface area contributed by atoms with Gasteiger partial charge in [0, 0.05) is 29.6 Å². The van der Waals surface area contributed by atoms with E-state index in [2.05, 4.69) is 17.2 Å². The van der Waals surface area contributed by atoms with Crippen molar-refractivity contribution in [3.63, 3.8) is 0 Å². The quantitative estimate of drug-likeness (QED) is 0.847. The van der Waals surface area contributed by atoms with E-state index in [1.807, 2.05) is 13.2 Å². The Kier molecular flexibility index (Phi) is 3.38. The molecule has 2 rings (SSSR count). The van der Waals surface area contributed by atoms with Crippen LogP contribution in [-0.4, -0.2) is 31.8 Å². The lowest BCUT2D eigenvalue weighted by atomic mass is 9.83. The summed E-state index contributed by atoms with van der Waals surface area (Å²) in [6, 6.07) is 0. The number of nitrogens with zero attached hydrogens (tertiary/aromatic N) is 1. The average molecular weight is 226 g/mol. The van der Waals surface area contributed by atoms with Crippen molar-refractivity contribution in [2.75, 3.05) is 26.8 Å². The van der Waals surface area contributed by atoms with Gasteiger partial charge in [-0.15, -0.1) is 11.3 Å². The van der Waals surface area contributed by atoms with Crippen LogP contribution in [0.2, 0.25) is 0 Å². The van der Waals surface area contributed by atoms with Gasteiger partial charge in [-0.3, -0.25) is 0 Å². The molecule has 1 atom stereocenters. The van der Waals surface area contributed by atoms with Gasteiger partial charge in [-0.05, 0) is 26.8 Å². The standard InChI is InChI=1S/C11H18N2OS/c1-9-13-6-10(15-9)5-11(7-12-2)3-4-14-8-11/h6,12H,3-5,7-8H2,1-2H3. The Bertz CT molecular complexity index is 318. The van der Waals surface area contributed by atoms with Crippen molar-refractivity contribution in [1.29, 1.82) is 0 Å². The first kappa shape index (κ1) is 11.0. The van der Waals surface area contributed by atoms with Gasteiger partial charge in [-0.1, -0.05) is 0 Å². The second-order valence-corrected chi connectivity index (χ2v) is 5.67. The summed E-state index contributed by atoms with van der Waals surface area (Å²) in [7, 11) is 2.01. The molecule has 1 N–H and O–H groups in total. The Labute approximate surface area is 94.9 Å².